The second-order valence-corrected chi connectivity index (χ2v) is 6.25. The zero-order valence-electron chi connectivity index (χ0n) is 11.2. The van der Waals surface area contributed by atoms with E-state index in [1.54, 1.807) is 36.9 Å². The predicted molar refractivity (Wildman–Crippen MR) is 86.6 cm³/mol. The van der Waals surface area contributed by atoms with E-state index >= 15 is 0 Å². The Bertz CT molecular complexity index is 741. The van der Waals surface area contributed by atoms with Crippen molar-refractivity contribution in [3.05, 3.63) is 54.7 Å². The molecule has 1 N–H and O–H groups in total. The third kappa shape index (κ3) is 3.33. The van der Waals surface area contributed by atoms with Crippen molar-refractivity contribution in [2.24, 2.45) is 7.05 Å². The molecule has 0 aliphatic heterocycles. The number of nitro benzene ring substituents is 1. The molecular weight excluding hydrogens is 406 g/mol. The maximum Gasteiger partial charge on any atom is 0.274 e. The van der Waals surface area contributed by atoms with Gasteiger partial charge in [0.15, 0.2) is 0 Å². The molecule has 0 fully saturated rings. The van der Waals surface area contributed by atoms with E-state index in [1.807, 2.05) is 0 Å². The highest BCUT2D eigenvalue weighted by Crippen LogP contribution is 2.31. The number of nitro groups is 1. The molecule has 2 rings (SSSR count). The average molecular weight is 417 g/mol. The van der Waals surface area contributed by atoms with Crippen LogP contribution < -0.4 is 5.32 Å². The lowest BCUT2D eigenvalue weighted by atomic mass is 10.2. The number of carbonyl (C=O) groups excluding carboxylic acids is 1. The Morgan fingerprint density at radius 2 is 2.00 bits per heavy atom. The Balaban J connectivity index is 2.35. The topological polar surface area (TPSA) is 77.2 Å². The Hall–Kier alpha value is -1.67. The molecular formula is C13H11Br2N3O3. The Morgan fingerprint density at radius 1 is 1.33 bits per heavy atom. The maximum atomic E-state index is 12.2. The van der Waals surface area contributed by atoms with Crippen LogP contribution in [0, 0.1) is 17.0 Å². The number of aryl methyl sites for hydroxylation is 2. The van der Waals surface area contributed by atoms with Gasteiger partial charge in [0.05, 0.1) is 10.6 Å². The van der Waals surface area contributed by atoms with E-state index in [1.165, 1.54) is 6.07 Å². The lowest BCUT2D eigenvalue weighted by Crippen LogP contribution is -2.15. The molecule has 0 saturated heterocycles. The van der Waals surface area contributed by atoms with Crippen LogP contribution in [0.25, 0.3) is 0 Å². The van der Waals surface area contributed by atoms with Gasteiger partial charge in [-0.1, -0.05) is 0 Å². The molecule has 21 heavy (non-hydrogen) atoms. The van der Waals surface area contributed by atoms with E-state index in [4.69, 9.17) is 0 Å². The van der Waals surface area contributed by atoms with Gasteiger partial charge in [-0.05, 0) is 50.9 Å². The van der Waals surface area contributed by atoms with Gasteiger partial charge >= 0.3 is 0 Å². The molecule has 110 valence electrons. The minimum atomic E-state index is -0.476. The number of nitrogens with zero attached hydrogens (tertiary/aromatic N) is 2. The van der Waals surface area contributed by atoms with Crippen molar-refractivity contribution >= 4 is 49.1 Å². The van der Waals surface area contributed by atoms with Gasteiger partial charge in [0.25, 0.3) is 11.6 Å². The van der Waals surface area contributed by atoms with E-state index in [0.717, 1.165) is 4.47 Å². The number of hydrogen-bond donors (Lipinski definition) is 1. The highest BCUT2D eigenvalue weighted by Gasteiger charge is 2.17. The van der Waals surface area contributed by atoms with E-state index in [2.05, 4.69) is 37.2 Å². The summed E-state index contributed by atoms with van der Waals surface area (Å²) >= 11 is 6.59. The fraction of sp³-hybridized carbons (Fsp3) is 0.154. The zero-order valence-corrected chi connectivity index (χ0v) is 14.4. The number of benzene rings is 1. The third-order valence-corrected chi connectivity index (χ3v) is 4.02. The molecule has 0 spiro atoms. The first-order chi connectivity index (χ1) is 9.79. The summed E-state index contributed by atoms with van der Waals surface area (Å²) in [7, 11) is 1.74. The van der Waals surface area contributed by atoms with Crippen LogP contribution in [-0.4, -0.2) is 15.4 Å². The molecule has 0 bridgehead atoms. The van der Waals surface area contributed by atoms with Crippen molar-refractivity contribution in [1.29, 1.82) is 0 Å². The molecule has 1 amide bonds. The zero-order chi connectivity index (χ0) is 15.7. The van der Waals surface area contributed by atoms with Gasteiger partial charge in [-0.25, -0.2) is 0 Å². The lowest BCUT2D eigenvalue weighted by molar-refractivity contribution is -0.385. The number of rotatable bonds is 3. The molecule has 0 saturated carbocycles. The van der Waals surface area contributed by atoms with Gasteiger partial charge in [0.1, 0.15) is 5.69 Å². The highest BCUT2D eigenvalue weighted by molar-refractivity contribution is 9.10. The summed E-state index contributed by atoms with van der Waals surface area (Å²) in [4.78, 5) is 22.7. The number of amides is 1. The Labute approximate surface area is 137 Å². The lowest BCUT2D eigenvalue weighted by Gasteiger charge is -2.09. The van der Waals surface area contributed by atoms with E-state index in [0.29, 0.717) is 21.4 Å². The Kier molecular flexibility index (Phi) is 4.48. The summed E-state index contributed by atoms with van der Waals surface area (Å²) in [6.45, 7) is 1.64. The highest BCUT2D eigenvalue weighted by atomic mass is 79.9. The minimum Gasteiger partial charge on any atom is -0.345 e. The molecule has 0 atom stereocenters. The van der Waals surface area contributed by atoms with Crippen molar-refractivity contribution in [3.63, 3.8) is 0 Å². The quantitative estimate of drug-likeness (QED) is 0.606. The molecule has 6 nitrogen and oxygen atoms in total. The Morgan fingerprint density at radius 3 is 2.52 bits per heavy atom. The van der Waals surface area contributed by atoms with Crippen LogP contribution in [-0.2, 0) is 7.05 Å². The third-order valence-electron chi connectivity index (χ3n) is 2.93. The second-order valence-electron chi connectivity index (χ2n) is 4.48. The number of carbonyl (C=O) groups is 1. The van der Waals surface area contributed by atoms with Crippen molar-refractivity contribution in [2.75, 3.05) is 5.32 Å². The van der Waals surface area contributed by atoms with Gasteiger partial charge in [-0.2, -0.15) is 0 Å². The first-order valence-corrected chi connectivity index (χ1v) is 7.46. The number of anilines is 1. The van der Waals surface area contributed by atoms with Crippen molar-refractivity contribution in [1.82, 2.24) is 4.57 Å². The molecule has 0 aliphatic carbocycles. The molecule has 0 aliphatic rings. The van der Waals surface area contributed by atoms with Crippen LogP contribution in [0.2, 0.25) is 0 Å². The summed E-state index contributed by atoms with van der Waals surface area (Å²) in [5.41, 5.74) is 1.28. The fourth-order valence-electron chi connectivity index (χ4n) is 1.89. The number of hydrogen-bond acceptors (Lipinski definition) is 3. The van der Waals surface area contributed by atoms with Gasteiger partial charge in [0, 0.05) is 33.8 Å². The van der Waals surface area contributed by atoms with Crippen LogP contribution in [0.3, 0.4) is 0 Å². The number of nitrogens with one attached hydrogen (secondary N) is 1. The van der Waals surface area contributed by atoms with Gasteiger partial charge in [0.2, 0.25) is 0 Å². The second kappa shape index (κ2) is 5.98. The first-order valence-electron chi connectivity index (χ1n) is 5.87. The average Bonchev–Trinajstić information content (AvgIpc) is 2.71. The van der Waals surface area contributed by atoms with Crippen molar-refractivity contribution in [3.8, 4) is 0 Å². The number of halogens is 2. The van der Waals surface area contributed by atoms with E-state index < -0.39 is 4.92 Å². The minimum absolute atomic E-state index is 0.0402. The van der Waals surface area contributed by atoms with Gasteiger partial charge in [-0.15, -0.1) is 0 Å². The number of aromatic nitrogens is 1. The fourth-order valence-corrected chi connectivity index (χ4v) is 2.97. The van der Waals surface area contributed by atoms with Crippen LogP contribution in [0.4, 0.5) is 11.4 Å². The van der Waals surface area contributed by atoms with Crippen molar-refractivity contribution in [2.45, 2.75) is 6.92 Å². The van der Waals surface area contributed by atoms with Crippen LogP contribution in [0.15, 0.2) is 33.3 Å². The van der Waals surface area contributed by atoms with Crippen molar-refractivity contribution < 1.29 is 9.72 Å². The molecule has 8 heteroatoms. The standard InChI is InChI=1S/C13H11Br2N3O3/c1-7-3-9(15)10(5-11(7)18(20)21)16-13(19)12-4-8(14)6-17(12)2/h3-6H,1-2H3,(H,16,19). The first kappa shape index (κ1) is 15.7. The molecule has 1 heterocycles. The smallest absolute Gasteiger partial charge is 0.274 e. The summed E-state index contributed by atoms with van der Waals surface area (Å²) in [6, 6.07) is 4.62. The summed E-state index contributed by atoms with van der Waals surface area (Å²) in [5.74, 6) is -0.345. The summed E-state index contributed by atoms with van der Waals surface area (Å²) < 4.78 is 3.03. The normalized spacial score (nSPS) is 10.5. The van der Waals surface area contributed by atoms with Crippen LogP contribution in [0.5, 0.6) is 0 Å². The molecule has 2 aromatic rings. The molecule has 1 aromatic carbocycles. The largest absolute Gasteiger partial charge is 0.345 e. The van der Waals surface area contributed by atoms with Crippen LogP contribution >= 0.6 is 31.9 Å². The molecule has 0 radical (unpaired) electrons. The SMILES string of the molecule is Cc1cc(Br)c(NC(=O)c2cc(Br)cn2C)cc1[N+](=O)[O-]. The van der Waals surface area contributed by atoms with E-state index in [9.17, 15) is 14.9 Å². The van der Waals surface area contributed by atoms with Crippen LogP contribution in [0.1, 0.15) is 16.1 Å². The maximum absolute atomic E-state index is 12.2. The molecule has 1 aromatic heterocycles. The monoisotopic (exact) mass is 415 g/mol. The van der Waals surface area contributed by atoms with E-state index in [-0.39, 0.29) is 11.6 Å². The predicted octanol–water partition coefficient (Wildman–Crippen LogP) is 4.02. The summed E-state index contributed by atoms with van der Waals surface area (Å²) in [6.07, 6.45) is 1.75. The molecule has 0 unspecified atom stereocenters. The summed E-state index contributed by atoms with van der Waals surface area (Å²) in [5, 5.41) is 13.6. The van der Waals surface area contributed by atoms with Gasteiger partial charge in [-0.3, -0.25) is 14.9 Å². The van der Waals surface area contributed by atoms with Gasteiger partial charge < -0.3 is 9.88 Å².